The summed E-state index contributed by atoms with van der Waals surface area (Å²) < 4.78 is 0. The zero-order valence-electron chi connectivity index (χ0n) is 9.70. The summed E-state index contributed by atoms with van der Waals surface area (Å²) in [5.74, 6) is -0.159. The molecule has 4 nitrogen and oxygen atoms in total. The van der Waals surface area contributed by atoms with Gasteiger partial charge in [-0.05, 0) is 24.6 Å². The lowest BCUT2D eigenvalue weighted by Gasteiger charge is -2.15. The number of β-amino-alcohol motifs (C(OH)–C–C–N with tert-alkyl or cyclic N) is 1. The minimum absolute atomic E-state index is 0.159. The van der Waals surface area contributed by atoms with E-state index in [1.165, 1.54) is 0 Å². The zero-order chi connectivity index (χ0) is 13.1. The van der Waals surface area contributed by atoms with E-state index in [-0.39, 0.29) is 18.6 Å². The van der Waals surface area contributed by atoms with Gasteiger partial charge < -0.3 is 10.4 Å². The van der Waals surface area contributed by atoms with Crippen molar-refractivity contribution < 1.29 is 9.90 Å². The molecule has 1 unspecified atom stereocenters. The first-order valence-corrected chi connectivity index (χ1v) is 6.45. The first kappa shape index (κ1) is 13.6. The standard InChI is InChI=1S/C12H14Cl2N2O2/c13-8-1-2-10(14)11(5-8)15-12(18)7-16-4-3-9(17)6-16/h1-2,5,9,17H,3-4,6-7H2,(H,15,18). The van der Waals surface area contributed by atoms with Gasteiger partial charge in [0.25, 0.3) is 0 Å². The second-order valence-corrected chi connectivity index (χ2v) is 5.19. The van der Waals surface area contributed by atoms with Crippen molar-refractivity contribution in [3.63, 3.8) is 0 Å². The number of carbonyl (C=O) groups is 1. The molecule has 2 rings (SSSR count). The minimum Gasteiger partial charge on any atom is -0.392 e. The van der Waals surface area contributed by atoms with Gasteiger partial charge in [0.2, 0.25) is 5.91 Å². The van der Waals surface area contributed by atoms with Crippen LogP contribution < -0.4 is 5.32 Å². The fraction of sp³-hybridized carbons (Fsp3) is 0.417. The number of amides is 1. The van der Waals surface area contributed by atoms with Gasteiger partial charge in [-0.3, -0.25) is 9.69 Å². The number of carbonyl (C=O) groups excluding carboxylic acids is 1. The minimum atomic E-state index is -0.326. The molecule has 1 atom stereocenters. The Morgan fingerprint density at radius 2 is 2.28 bits per heavy atom. The van der Waals surface area contributed by atoms with Crippen LogP contribution in [0.15, 0.2) is 18.2 Å². The third-order valence-corrected chi connectivity index (χ3v) is 3.38. The Morgan fingerprint density at radius 3 is 2.94 bits per heavy atom. The fourth-order valence-electron chi connectivity index (χ4n) is 1.94. The Kier molecular flexibility index (Phi) is 4.45. The summed E-state index contributed by atoms with van der Waals surface area (Å²) in [5, 5.41) is 13.1. The van der Waals surface area contributed by atoms with Crippen LogP contribution in [0.25, 0.3) is 0 Å². The van der Waals surface area contributed by atoms with Gasteiger partial charge >= 0.3 is 0 Å². The molecule has 2 N–H and O–H groups in total. The molecule has 0 radical (unpaired) electrons. The molecular formula is C12H14Cl2N2O2. The van der Waals surface area contributed by atoms with Crippen molar-refractivity contribution in [1.29, 1.82) is 0 Å². The van der Waals surface area contributed by atoms with E-state index in [4.69, 9.17) is 23.2 Å². The lowest BCUT2D eigenvalue weighted by Crippen LogP contribution is -2.32. The number of nitrogens with zero attached hydrogens (tertiary/aromatic N) is 1. The predicted molar refractivity (Wildman–Crippen MR) is 72.2 cm³/mol. The summed E-state index contributed by atoms with van der Waals surface area (Å²) >= 11 is 11.8. The highest BCUT2D eigenvalue weighted by molar-refractivity contribution is 6.35. The van der Waals surface area contributed by atoms with Crippen LogP contribution >= 0.6 is 23.2 Å². The van der Waals surface area contributed by atoms with Crippen LogP contribution in [0, 0.1) is 0 Å². The third kappa shape index (κ3) is 3.59. The molecule has 98 valence electrons. The number of likely N-dealkylation sites (tertiary alicyclic amines) is 1. The van der Waals surface area contributed by atoms with Gasteiger partial charge in [0.1, 0.15) is 0 Å². The van der Waals surface area contributed by atoms with E-state index in [1.807, 2.05) is 4.90 Å². The summed E-state index contributed by atoms with van der Waals surface area (Å²) in [6.45, 7) is 1.52. The van der Waals surface area contributed by atoms with Crippen molar-refractivity contribution in [2.45, 2.75) is 12.5 Å². The van der Waals surface area contributed by atoms with E-state index < -0.39 is 0 Å². The van der Waals surface area contributed by atoms with Crippen molar-refractivity contribution in [1.82, 2.24) is 4.90 Å². The molecule has 1 aliphatic rings. The molecule has 1 saturated heterocycles. The number of benzene rings is 1. The molecule has 1 heterocycles. The van der Waals surface area contributed by atoms with Gasteiger partial charge in [0, 0.05) is 18.1 Å². The van der Waals surface area contributed by atoms with Gasteiger partial charge in [0.05, 0.1) is 23.4 Å². The molecule has 6 heteroatoms. The maximum absolute atomic E-state index is 11.8. The topological polar surface area (TPSA) is 52.6 Å². The molecule has 0 aliphatic carbocycles. The Labute approximate surface area is 115 Å². The summed E-state index contributed by atoms with van der Waals surface area (Å²) in [6, 6.07) is 4.91. The lowest BCUT2D eigenvalue weighted by molar-refractivity contribution is -0.117. The number of anilines is 1. The largest absolute Gasteiger partial charge is 0.392 e. The van der Waals surface area contributed by atoms with Gasteiger partial charge in [-0.1, -0.05) is 23.2 Å². The third-order valence-electron chi connectivity index (χ3n) is 2.82. The monoisotopic (exact) mass is 288 g/mol. The smallest absolute Gasteiger partial charge is 0.238 e. The molecule has 0 spiro atoms. The summed E-state index contributed by atoms with van der Waals surface area (Å²) in [4.78, 5) is 13.7. The maximum atomic E-state index is 11.8. The van der Waals surface area contributed by atoms with Crippen LogP contribution in [-0.2, 0) is 4.79 Å². The number of nitrogens with one attached hydrogen (secondary N) is 1. The Morgan fingerprint density at radius 1 is 1.50 bits per heavy atom. The van der Waals surface area contributed by atoms with E-state index in [1.54, 1.807) is 18.2 Å². The maximum Gasteiger partial charge on any atom is 0.238 e. The number of hydrogen-bond donors (Lipinski definition) is 2. The fourth-order valence-corrected chi connectivity index (χ4v) is 2.28. The van der Waals surface area contributed by atoms with Crippen LogP contribution in [0.3, 0.4) is 0 Å². The van der Waals surface area contributed by atoms with Crippen molar-refractivity contribution in [3.05, 3.63) is 28.2 Å². The summed E-state index contributed by atoms with van der Waals surface area (Å²) in [6.07, 6.45) is 0.387. The Balaban J connectivity index is 1.92. The quantitative estimate of drug-likeness (QED) is 0.895. The number of hydrogen-bond acceptors (Lipinski definition) is 3. The van der Waals surface area contributed by atoms with E-state index >= 15 is 0 Å². The molecular weight excluding hydrogens is 275 g/mol. The molecule has 0 aromatic heterocycles. The predicted octanol–water partition coefficient (Wildman–Crippen LogP) is 2.00. The molecule has 0 saturated carbocycles. The SMILES string of the molecule is O=C(CN1CCC(O)C1)Nc1cc(Cl)ccc1Cl. The van der Waals surface area contributed by atoms with Gasteiger partial charge in [-0.25, -0.2) is 0 Å². The van der Waals surface area contributed by atoms with Crippen LogP contribution in [0.1, 0.15) is 6.42 Å². The number of rotatable bonds is 3. The zero-order valence-corrected chi connectivity index (χ0v) is 11.2. The highest BCUT2D eigenvalue weighted by Gasteiger charge is 2.22. The Bertz CT molecular complexity index is 454. The second-order valence-electron chi connectivity index (χ2n) is 4.35. The van der Waals surface area contributed by atoms with Crippen molar-refractivity contribution in [2.75, 3.05) is 25.0 Å². The average molecular weight is 289 g/mol. The Hall–Kier alpha value is -0.810. The average Bonchev–Trinajstić information content (AvgIpc) is 2.69. The van der Waals surface area contributed by atoms with E-state index in [0.717, 1.165) is 6.54 Å². The first-order chi connectivity index (χ1) is 8.54. The normalized spacial score (nSPS) is 20.1. The number of aliphatic hydroxyl groups excluding tert-OH is 1. The van der Waals surface area contributed by atoms with Crippen molar-refractivity contribution in [2.24, 2.45) is 0 Å². The second kappa shape index (κ2) is 5.89. The number of aliphatic hydroxyl groups is 1. The van der Waals surface area contributed by atoms with Crippen LogP contribution in [-0.4, -0.2) is 41.7 Å². The van der Waals surface area contributed by atoms with Crippen molar-refractivity contribution >= 4 is 34.8 Å². The molecule has 1 aromatic rings. The first-order valence-electron chi connectivity index (χ1n) is 5.70. The molecule has 18 heavy (non-hydrogen) atoms. The summed E-state index contributed by atoms with van der Waals surface area (Å²) in [7, 11) is 0. The lowest BCUT2D eigenvalue weighted by atomic mass is 10.3. The van der Waals surface area contributed by atoms with Crippen LogP contribution in [0.5, 0.6) is 0 Å². The highest BCUT2D eigenvalue weighted by atomic mass is 35.5. The van der Waals surface area contributed by atoms with Crippen molar-refractivity contribution in [3.8, 4) is 0 Å². The van der Waals surface area contributed by atoms with E-state index in [0.29, 0.717) is 28.7 Å². The molecule has 1 aliphatic heterocycles. The number of halogens is 2. The molecule has 1 amide bonds. The van der Waals surface area contributed by atoms with Crippen LogP contribution in [0.2, 0.25) is 10.0 Å². The highest BCUT2D eigenvalue weighted by Crippen LogP contribution is 2.25. The van der Waals surface area contributed by atoms with Gasteiger partial charge in [0.15, 0.2) is 0 Å². The van der Waals surface area contributed by atoms with Gasteiger partial charge in [-0.15, -0.1) is 0 Å². The summed E-state index contributed by atoms with van der Waals surface area (Å²) in [5.41, 5.74) is 0.508. The molecule has 1 fully saturated rings. The van der Waals surface area contributed by atoms with E-state index in [9.17, 15) is 9.90 Å². The van der Waals surface area contributed by atoms with E-state index in [2.05, 4.69) is 5.32 Å². The van der Waals surface area contributed by atoms with Gasteiger partial charge in [-0.2, -0.15) is 0 Å². The molecule has 0 bridgehead atoms. The molecule has 1 aromatic carbocycles. The van der Waals surface area contributed by atoms with Crippen LogP contribution in [0.4, 0.5) is 5.69 Å².